The van der Waals surface area contributed by atoms with E-state index in [-0.39, 0.29) is 18.5 Å². The maximum absolute atomic E-state index is 12.2. The number of imidazole rings is 1. The summed E-state index contributed by atoms with van der Waals surface area (Å²) >= 11 is 1.73. The topological polar surface area (TPSA) is 79.7 Å². The molecule has 2 rings (SSSR count). The standard InChI is InChI=1S/C35H58N2O5SSi/c1-27(2)34-35(43-31-24-28(3)23-29(4)25-31)37(30(5)36-34)26-40-19-20-41-32(38)17-15-13-11-9-10-12-14-16-18-33(39)42-21-22-44(6,7)8/h23-25,27H,9-22,26H2,1-8H3. The van der Waals surface area contributed by atoms with Crippen LogP contribution >= 0.6 is 11.8 Å². The van der Waals surface area contributed by atoms with Crippen molar-refractivity contribution in [1.29, 1.82) is 0 Å². The van der Waals surface area contributed by atoms with Crippen LogP contribution in [0.5, 0.6) is 0 Å². The molecule has 0 saturated heterocycles. The molecule has 0 aliphatic rings. The third-order valence-electron chi connectivity index (χ3n) is 7.43. The number of nitrogens with zero attached hydrogens (tertiary/aromatic N) is 2. The number of aromatic nitrogens is 2. The average Bonchev–Trinajstić information content (AvgIpc) is 3.23. The monoisotopic (exact) mass is 646 g/mol. The Hall–Kier alpha value is -2.10. The first-order chi connectivity index (χ1) is 20.9. The summed E-state index contributed by atoms with van der Waals surface area (Å²) in [6.45, 7) is 19.0. The summed E-state index contributed by atoms with van der Waals surface area (Å²) in [4.78, 5) is 30.0. The molecule has 0 saturated carbocycles. The minimum absolute atomic E-state index is 0.0487. The molecule has 248 valence electrons. The minimum Gasteiger partial charge on any atom is -0.466 e. The molecular weight excluding hydrogens is 589 g/mol. The Morgan fingerprint density at radius 3 is 1.84 bits per heavy atom. The molecule has 0 atom stereocenters. The van der Waals surface area contributed by atoms with E-state index in [9.17, 15) is 9.59 Å². The number of carbonyl (C=O) groups is 2. The number of esters is 2. The highest BCUT2D eigenvalue weighted by molar-refractivity contribution is 7.99. The van der Waals surface area contributed by atoms with Gasteiger partial charge in [0.15, 0.2) is 0 Å². The summed E-state index contributed by atoms with van der Waals surface area (Å²) in [5.41, 5.74) is 3.57. The lowest BCUT2D eigenvalue weighted by molar-refractivity contribution is -0.146. The molecule has 0 N–H and O–H groups in total. The largest absolute Gasteiger partial charge is 0.466 e. The van der Waals surface area contributed by atoms with Gasteiger partial charge in [-0.2, -0.15) is 0 Å². The number of hydrogen-bond donors (Lipinski definition) is 0. The number of ether oxygens (including phenoxy) is 3. The van der Waals surface area contributed by atoms with Crippen LogP contribution in [0, 0.1) is 20.8 Å². The first-order valence-corrected chi connectivity index (χ1v) is 21.1. The molecule has 0 aliphatic carbocycles. The smallest absolute Gasteiger partial charge is 0.305 e. The van der Waals surface area contributed by atoms with Crippen molar-refractivity contribution in [3.63, 3.8) is 0 Å². The lowest BCUT2D eigenvalue weighted by Crippen LogP contribution is -2.22. The average molecular weight is 647 g/mol. The zero-order valence-electron chi connectivity index (χ0n) is 28.8. The summed E-state index contributed by atoms with van der Waals surface area (Å²) < 4.78 is 18.8. The maximum atomic E-state index is 12.2. The molecule has 44 heavy (non-hydrogen) atoms. The summed E-state index contributed by atoms with van der Waals surface area (Å²) in [5.74, 6) is 1.02. The van der Waals surface area contributed by atoms with E-state index in [2.05, 4.69) is 70.1 Å². The van der Waals surface area contributed by atoms with Gasteiger partial charge >= 0.3 is 11.9 Å². The number of aryl methyl sites for hydroxylation is 3. The summed E-state index contributed by atoms with van der Waals surface area (Å²) in [7, 11) is -1.14. The van der Waals surface area contributed by atoms with Crippen LogP contribution in [0.2, 0.25) is 25.7 Å². The van der Waals surface area contributed by atoms with E-state index in [1.165, 1.54) is 28.9 Å². The second-order valence-corrected chi connectivity index (χ2v) is 20.2. The lowest BCUT2D eigenvalue weighted by Gasteiger charge is -2.15. The summed E-state index contributed by atoms with van der Waals surface area (Å²) in [6.07, 6.45) is 9.48. The third kappa shape index (κ3) is 15.8. The second kappa shape index (κ2) is 20.1. The first kappa shape index (κ1) is 38.1. The van der Waals surface area contributed by atoms with E-state index >= 15 is 0 Å². The van der Waals surface area contributed by atoms with E-state index in [0.717, 1.165) is 61.1 Å². The first-order valence-electron chi connectivity index (χ1n) is 16.6. The number of carbonyl (C=O) groups excluding carboxylic acids is 2. The van der Waals surface area contributed by atoms with Gasteiger partial charge in [-0.05, 0) is 68.8 Å². The number of hydrogen-bond acceptors (Lipinski definition) is 7. The highest BCUT2D eigenvalue weighted by Gasteiger charge is 2.19. The fourth-order valence-corrected chi connectivity index (χ4v) is 7.00. The summed E-state index contributed by atoms with van der Waals surface area (Å²) in [6, 6.07) is 7.62. The Labute approximate surface area is 272 Å². The predicted molar refractivity (Wildman–Crippen MR) is 183 cm³/mol. The normalized spacial score (nSPS) is 11.8. The Kier molecular flexibility index (Phi) is 17.4. The van der Waals surface area contributed by atoms with Crippen LogP contribution in [0.1, 0.15) is 107 Å². The number of rotatable bonds is 22. The molecule has 0 amide bonds. The lowest BCUT2D eigenvalue weighted by atomic mass is 10.1. The van der Waals surface area contributed by atoms with Crippen LogP contribution in [0.4, 0.5) is 0 Å². The van der Waals surface area contributed by atoms with Crippen molar-refractivity contribution in [2.45, 2.75) is 147 Å². The molecule has 2 aromatic rings. The Balaban J connectivity index is 1.55. The van der Waals surface area contributed by atoms with Gasteiger partial charge in [0.2, 0.25) is 0 Å². The van der Waals surface area contributed by atoms with E-state index in [1.807, 2.05) is 6.92 Å². The van der Waals surface area contributed by atoms with Gasteiger partial charge in [0.25, 0.3) is 0 Å². The fraction of sp³-hybridized carbons (Fsp3) is 0.686. The zero-order chi connectivity index (χ0) is 32.5. The van der Waals surface area contributed by atoms with E-state index in [4.69, 9.17) is 19.2 Å². The Morgan fingerprint density at radius 2 is 1.32 bits per heavy atom. The molecule has 0 aliphatic heterocycles. The molecule has 0 bridgehead atoms. The minimum atomic E-state index is -1.14. The van der Waals surface area contributed by atoms with Crippen LogP contribution in [0.25, 0.3) is 0 Å². The number of unbranched alkanes of at least 4 members (excludes halogenated alkanes) is 7. The van der Waals surface area contributed by atoms with Gasteiger partial charge in [0.1, 0.15) is 24.2 Å². The van der Waals surface area contributed by atoms with E-state index in [1.54, 1.807) is 11.8 Å². The third-order valence-corrected chi connectivity index (χ3v) is 10.2. The van der Waals surface area contributed by atoms with Gasteiger partial charge in [-0.25, -0.2) is 4.98 Å². The second-order valence-electron chi connectivity index (χ2n) is 13.5. The molecule has 0 spiro atoms. The molecule has 0 unspecified atom stereocenters. The highest BCUT2D eigenvalue weighted by Crippen LogP contribution is 2.35. The van der Waals surface area contributed by atoms with Gasteiger partial charge in [-0.1, -0.05) is 89.8 Å². The molecule has 1 aromatic heterocycles. The molecule has 9 heteroatoms. The Bertz CT molecular complexity index is 1140. The van der Waals surface area contributed by atoms with Crippen LogP contribution in [-0.4, -0.2) is 49.4 Å². The van der Waals surface area contributed by atoms with Crippen molar-refractivity contribution in [2.75, 3.05) is 19.8 Å². The number of benzene rings is 1. The van der Waals surface area contributed by atoms with Crippen LogP contribution in [-0.2, 0) is 30.5 Å². The van der Waals surface area contributed by atoms with Gasteiger partial charge in [-0.3, -0.25) is 14.2 Å². The van der Waals surface area contributed by atoms with Gasteiger partial charge in [0, 0.05) is 25.8 Å². The van der Waals surface area contributed by atoms with Crippen LogP contribution in [0.3, 0.4) is 0 Å². The molecule has 7 nitrogen and oxygen atoms in total. The van der Waals surface area contributed by atoms with Gasteiger partial charge in [0.05, 0.1) is 18.9 Å². The van der Waals surface area contributed by atoms with Crippen molar-refractivity contribution in [3.8, 4) is 0 Å². The van der Waals surface area contributed by atoms with Crippen molar-refractivity contribution in [1.82, 2.24) is 9.55 Å². The fourth-order valence-electron chi connectivity index (χ4n) is 4.89. The van der Waals surface area contributed by atoms with Gasteiger partial charge < -0.3 is 14.2 Å². The highest BCUT2D eigenvalue weighted by atomic mass is 32.2. The Morgan fingerprint density at radius 1 is 0.795 bits per heavy atom. The predicted octanol–water partition coefficient (Wildman–Crippen LogP) is 9.38. The van der Waals surface area contributed by atoms with Crippen LogP contribution < -0.4 is 0 Å². The summed E-state index contributed by atoms with van der Waals surface area (Å²) in [5, 5.41) is 1.10. The SMILES string of the molecule is Cc1cc(C)cc(Sc2c(C(C)C)nc(C)n2COCCOC(=O)CCCCCCCCCCC(=O)OCC[Si](C)(C)C)c1. The molecule has 0 radical (unpaired) electrons. The van der Waals surface area contributed by atoms with E-state index < -0.39 is 8.07 Å². The van der Waals surface area contributed by atoms with Gasteiger partial charge in [-0.15, -0.1) is 0 Å². The van der Waals surface area contributed by atoms with Crippen LogP contribution in [0.15, 0.2) is 28.1 Å². The quantitative estimate of drug-likeness (QED) is 0.0716. The molecule has 1 aromatic carbocycles. The molecule has 1 heterocycles. The van der Waals surface area contributed by atoms with Crippen molar-refractivity contribution >= 4 is 31.8 Å². The van der Waals surface area contributed by atoms with Crippen molar-refractivity contribution in [3.05, 3.63) is 40.8 Å². The molecular formula is C35H58N2O5SSi. The van der Waals surface area contributed by atoms with E-state index in [0.29, 0.717) is 38.7 Å². The zero-order valence-corrected chi connectivity index (χ0v) is 30.6. The van der Waals surface area contributed by atoms with Crippen molar-refractivity contribution in [2.24, 2.45) is 0 Å². The maximum Gasteiger partial charge on any atom is 0.305 e. The van der Waals surface area contributed by atoms with Crippen molar-refractivity contribution < 1.29 is 23.8 Å². The molecule has 0 fully saturated rings.